The highest BCUT2D eigenvalue weighted by Gasteiger charge is 2.34. The molecule has 8 nitrogen and oxygen atoms in total. The summed E-state index contributed by atoms with van der Waals surface area (Å²) in [7, 11) is 1.63. The molecule has 2 amide bonds. The van der Waals surface area contributed by atoms with Gasteiger partial charge < -0.3 is 24.4 Å². The van der Waals surface area contributed by atoms with Crippen molar-refractivity contribution in [3.63, 3.8) is 0 Å². The van der Waals surface area contributed by atoms with Gasteiger partial charge in [-0.15, -0.1) is 0 Å². The Morgan fingerprint density at radius 3 is 2.44 bits per heavy atom. The van der Waals surface area contributed by atoms with Crippen LogP contribution in [0.5, 0.6) is 17.2 Å². The summed E-state index contributed by atoms with van der Waals surface area (Å²) in [5.74, 6) is 1.95. The van der Waals surface area contributed by atoms with E-state index in [-0.39, 0.29) is 24.5 Å². The molecule has 8 heteroatoms. The van der Waals surface area contributed by atoms with E-state index in [9.17, 15) is 9.59 Å². The number of nitrogens with one attached hydrogen (secondary N) is 1. The lowest BCUT2D eigenvalue weighted by Crippen LogP contribution is -2.57. The molecular formula is C24H29N3O5. The van der Waals surface area contributed by atoms with Crippen LogP contribution < -0.4 is 19.5 Å². The molecule has 2 aromatic carbocycles. The molecule has 0 aromatic heterocycles. The number of para-hydroxylation sites is 2. The van der Waals surface area contributed by atoms with Gasteiger partial charge >= 0.3 is 0 Å². The maximum atomic E-state index is 12.9. The number of hydrogen-bond donors (Lipinski definition) is 1. The van der Waals surface area contributed by atoms with E-state index < -0.39 is 6.10 Å². The molecular weight excluding hydrogens is 410 g/mol. The molecule has 1 fully saturated rings. The van der Waals surface area contributed by atoms with Crippen LogP contribution in [0, 0.1) is 0 Å². The monoisotopic (exact) mass is 439 g/mol. The van der Waals surface area contributed by atoms with E-state index in [1.54, 1.807) is 18.1 Å². The van der Waals surface area contributed by atoms with Gasteiger partial charge in [0.2, 0.25) is 12.0 Å². The Balaban J connectivity index is 1.23. The highest BCUT2D eigenvalue weighted by Crippen LogP contribution is 2.31. The molecule has 0 radical (unpaired) electrons. The lowest BCUT2D eigenvalue weighted by atomic mass is 10.1. The van der Waals surface area contributed by atoms with Crippen LogP contribution in [0.3, 0.4) is 0 Å². The largest absolute Gasteiger partial charge is 0.497 e. The second-order valence-electron chi connectivity index (χ2n) is 7.97. The fourth-order valence-electron chi connectivity index (χ4n) is 3.92. The van der Waals surface area contributed by atoms with E-state index in [1.165, 1.54) is 0 Å². The number of amides is 2. The Hall–Kier alpha value is -3.26. The van der Waals surface area contributed by atoms with Crippen molar-refractivity contribution >= 4 is 11.8 Å². The Bertz CT molecular complexity index is 941. The van der Waals surface area contributed by atoms with Crippen LogP contribution >= 0.6 is 0 Å². The van der Waals surface area contributed by atoms with E-state index in [0.29, 0.717) is 44.2 Å². The number of methoxy groups -OCH3 is 1. The maximum Gasteiger partial charge on any atom is 0.267 e. The average Bonchev–Trinajstić information content (AvgIpc) is 2.86. The molecule has 2 atom stereocenters. The lowest BCUT2D eigenvalue weighted by Gasteiger charge is -2.39. The van der Waals surface area contributed by atoms with Gasteiger partial charge in [-0.3, -0.25) is 14.5 Å². The fraction of sp³-hybridized carbons (Fsp3) is 0.417. The number of fused-ring (bicyclic) bond motifs is 1. The van der Waals surface area contributed by atoms with Crippen LogP contribution in [-0.4, -0.2) is 73.7 Å². The minimum Gasteiger partial charge on any atom is -0.497 e. The number of ether oxygens (including phenoxy) is 3. The van der Waals surface area contributed by atoms with Crippen LogP contribution in [0.1, 0.15) is 12.5 Å². The van der Waals surface area contributed by atoms with E-state index in [2.05, 4.69) is 10.2 Å². The zero-order chi connectivity index (χ0) is 22.5. The molecule has 2 heterocycles. The smallest absolute Gasteiger partial charge is 0.267 e. The predicted molar refractivity (Wildman–Crippen MR) is 119 cm³/mol. The van der Waals surface area contributed by atoms with Crippen molar-refractivity contribution in [1.29, 1.82) is 0 Å². The summed E-state index contributed by atoms with van der Waals surface area (Å²) in [6, 6.07) is 14.7. The molecule has 0 saturated carbocycles. The SMILES string of the molecule is COc1ccc(CNC(=O)C(C)N2CCN(C(=O)C3COc4ccccc4O3)CC2)cc1. The first-order valence-corrected chi connectivity index (χ1v) is 10.9. The number of nitrogens with zero attached hydrogens (tertiary/aromatic N) is 2. The second kappa shape index (κ2) is 9.91. The number of carbonyl (C=O) groups excluding carboxylic acids is 2. The van der Waals surface area contributed by atoms with Crippen molar-refractivity contribution in [2.45, 2.75) is 25.6 Å². The molecule has 0 aliphatic carbocycles. The normalized spacial score (nSPS) is 19.2. The van der Waals surface area contributed by atoms with Crippen LogP contribution in [0.4, 0.5) is 0 Å². The molecule has 0 spiro atoms. The molecule has 2 aliphatic rings. The van der Waals surface area contributed by atoms with Gasteiger partial charge in [0, 0.05) is 32.7 Å². The van der Waals surface area contributed by atoms with Crippen LogP contribution in [0.2, 0.25) is 0 Å². The third-order valence-corrected chi connectivity index (χ3v) is 5.96. The summed E-state index contributed by atoms with van der Waals surface area (Å²) in [5, 5.41) is 2.99. The van der Waals surface area contributed by atoms with Crippen molar-refractivity contribution in [3.05, 3.63) is 54.1 Å². The zero-order valence-corrected chi connectivity index (χ0v) is 18.5. The van der Waals surface area contributed by atoms with Crippen molar-refractivity contribution < 1.29 is 23.8 Å². The summed E-state index contributed by atoms with van der Waals surface area (Å²) >= 11 is 0. The minimum atomic E-state index is -0.637. The molecule has 2 aromatic rings. The molecule has 1 saturated heterocycles. The summed E-state index contributed by atoms with van der Waals surface area (Å²) < 4.78 is 16.7. The third kappa shape index (κ3) is 4.96. The fourth-order valence-corrected chi connectivity index (χ4v) is 3.92. The average molecular weight is 440 g/mol. The van der Waals surface area contributed by atoms with Crippen LogP contribution in [0.15, 0.2) is 48.5 Å². The van der Waals surface area contributed by atoms with Crippen molar-refractivity contribution in [3.8, 4) is 17.2 Å². The van der Waals surface area contributed by atoms with Gasteiger partial charge in [0.25, 0.3) is 5.91 Å². The van der Waals surface area contributed by atoms with Crippen molar-refractivity contribution in [2.75, 3.05) is 39.9 Å². The van der Waals surface area contributed by atoms with Crippen LogP contribution in [-0.2, 0) is 16.1 Å². The Labute approximate surface area is 188 Å². The van der Waals surface area contributed by atoms with Gasteiger partial charge in [-0.25, -0.2) is 0 Å². The molecule has 4 rings (SSSR count). The van der Waals surface area contributed by atoms with Crippen LogP contribution in [0.25, 0.3) is 0 Å². The van der Waals surface area contributed by atoms with Gasteiger partial charge in [-0.1, -0.05) is 24.3 Å². The van der Waals surface area contributed by atoms with Gasteiger partial charge in [-0.05, 0) is 36.8 Å². The molecule has 2 aliphatic heterocycles. The molecule has 170 valence electrons. The summed E-state index contributed by atoms with van der Waals surface area (Å²) in [5.41, 5.74) is 1.01. The van der Waals surface area contributed by atoms with Gasteiger partial charge in [-0.2, -0.15) is 0 Å². The number of hydrogen-bond acceptors (Lipinski definition) is 6. The summed E-state index contributed by atoms with van der Waals surface area (Å²) in [6.07, 6.45) is -0.637. The van der Waals surface area contributed by atoms with E-state index in [0.717, 1.165) is 11.3 Å². The topological polar surface area (TPSA) is 80.3 Å². The molecule has 2 unspecified atom stereocenters. The molecule has 0 bridgehead atoms. The Morgan fingerprint density at radius 1 is 1.06 bits per heavy atom. The third-order valence-electron chi connectivity index (χ3n) is 5.96. The first-order valence-electron chi connectivity index (χ1n) is 10.9. The number of carbonyl (C=O) groups is 2. The number of rotatable bonds is 6. The second-order valence-corrected chi connectivity index (χ2v) is 7.97. The van der Waals surface area contributed by atoms with E-state index in [1.807, 2.05) is 49.4 Å². The Morgan fingerprint density at radius 2 is 1.75 bits per heavy atom. The molecule has 1 N–H and O–H groups in total. The van der Waals surface area contributed by atoms with Crippen molar-refractivity contribution in [2.24, 2.45) is 0 Å². The highest BCUT2D eigenvalue weighted by atomic mass is 16.6. The van der Waals surface area contributed by atoms with Gasteiger partial charge in [0.15, 0.2) is 11.5 Å². The van der Waals surface area contributed by atoms with E-state index in [4.69, 9.17) is 14.2 Å². The number of piperazine rings is 1. The number of benzene rings is 2. The standard InChI is InChI=1S/C24H29N3O5/c1-17(23(28)25-15-18-7-9-19(30-2)10-8-18)26-11-13-27(14-12-26)24(29)22-16-31-20-5-3-4-6-21(20)32-22/h3-10,17,22H,11-16H2,1-2H3,(H,25,28). The lowest BCUT2D eigenvalue weighted by molar-refractivity contribution is -0.143. The highest BCUT2D eigenvalue weighted by molar-refractivity contribution is 5.83. The van der Waals surface area contributed by atoms with Crippen molar-refractivity contribution in [1.82, 2.24) is 15.1 Å². The van der Waals surface area contributed by atoms with Gasteiger partial charge in [0.1, 0.15) is 12.4 Å². The predicted octanol–water partition coefficient (Wildman–Crippen LogP) is 1.68. The van der Waals surface area contributed by atoms with E-state index >= 15 is 0 Å². The zero-order valence-electron chi connectivity index (χ0n) is 18.5. The quantitative estimate of drug-likeness (QED) is 0.738. The maximum absolute atomic E-state index is 12.9. The Kier molecular flexibility index (Phi) is 6.80. The summed E-state index contributed by atoms with van der Waals surface area (Å²) in [4.78, 5) is 29.4. The first-order chi connectivity index (χ1) is 15.5. The van der Waals surface area contributed by atoms with Gasteiger partial charge in [0.05, 0.1) is 13.2 Å². The summed E-state index contributed by atoms with van der Waals surface area (Å²) in [6.45, 7) is 4.94. The minimum absolute atomic E-state index is 0.0267. The molecule has 32 heavy (non-hydrogen) atoms. The first kappa shape index (κ1) is 22.0.